The molecule has 0 unspecified atom stereocenters. The summed E-state index contributed by atoms with van der Waals surface area (Å²) in [5.74, 6) is 0. The van der Waals surface area contributed by atoms with E-state index in [0.29, 0.717) is 0 Å². The van der Waals surface area contributed by atoms with Crippen LogP contribution in [0, 0.1) is 0 Å². The van der Waals surface area contributed by atoms with E-state index in [2.05, 4.69) is 0 Å². The molecule has 0 saturated heterocycles. The summed E-state index contributed by atoms with van der Waals surface area (Å²) in [6.07, 6.45) is -4.54. The molecule has 0 aliphatic heterocycles. The minimum atomic E-state index is -4.54. The van der Waals surface area contributed by atoms with Crippen LogP contribution in [0.2, 0.25) is 0 Å². The maximum atomic E-state index is 11.6. The first-order valence-corrected chi connectivity index (χ1v) is 4.94. The van der Waals surface area contributed by atoms with Crippen LogP contribution < -0.4 is 9.44 Å². The van der Waals surface area contributed by atoms with Gasteiger partial charge in [-0.25, -0.2) is 0 Å². The number of alkyl halides is 3. The van der Waals surface area contributed by atoms with Gasteiger partial charge in [-0.1, -0.05) is 0 Å². The summed E-state index contributed by atoms with van der Waals surface area (Å²) in [6, 6.07) is -0.439. The summed E-state index contributed by atoms with van der Waals surface area (Å²) in [7, 11) is -4.03. The second-order valence-corrected chi connectivity index (χ2v) is 4.24. The van der Waals surface area contributed by atoms with E-state index in [4.69, 9.17) is 0 Å². The third-order valence-electron chi connectivity index (χ3n) is 0.853. The third kappa shape index (κ3) is 8.00. The minimum Gasteiger partial charge on any atom is -0.200 e. The van der Waals surface area contributed by atoms with Crippen LogP contribution in [0.1, 0.15) is 13.8 Å². The molecular weight excluding hydrogens is 209 g/mol. The zero-order chi connectivity index (χ0) is 10.7. The summed E-state index contributed by atoms with van der Waals surface area (Å²) in [6.45, 7) is 1.45. The Bertz CT molecular complexity index is 247. The van der Waals surface area contributed by atoms with Crippen molar-refractivity contribution in [3.63, 3.8) is 0 Å². The van der Waals surface area contributed by atoms with Gasteiger partial charge in [-0.05, 0) is 13.8 Å². The molecule has 0 heterocycles. The fourth-order valence-corrected chi connectivity index (χ4v) is 1.59. The van der Waals surface area contributed by atoms with Crippen molar-refractivity contribution in [2.45, 2.75) is 26.1 Å². The lowest BCUT2D eigenvalue weighted by molar-refractivity contribution is -0.121. The fourth-order valence-electron chi connectivity index (χ4n) is 0.529. The van der Waals surface area contributed by atoms with Crippen molar-refractivity contribution in [1.82, 2.24) is 9.44 Å². The quantitative estimate of drug-likeness (QED) is 0.719. The van der Waals surface area contributed by atoms with Crippen LogP contribution in [0.25, 0.3) is 0 Å². The van der Waals surface area contributed by atoms with Crippen LogP contribution in [0.4, 0.5) is 13.2 Å². The number of rotatable bonds is 4. The summed E-state index contributed by atoms with van der Waals surface area (Å²) in [5.41, 5.74) is 0. The number of hydrogen-bond acceptors (Lipinski definition) is 2. The highest BCUT2D eigenvalue weighted by molar-refractivity contribution is 7.87. The van der Waals surface area contributed by atoms with Crippen molar-refractivity contribution in [1.29, 1.82) is 0 Å². The van der Waals surface area contributed by atoms with Crippen molar-refractivity contribution in [2.75, 3.05) is 6.54 Å². The molecule has 0 radical (unpaired) electrons. The van der Waals surface area contributed by atoms with E-state index >= 15 is 0 Å². The van der Waals surface area contributed by atoms with Gasteiger partial charge in [0.1, 0.15) is 6.54 Å². The highest BCUT2D eigenvalue weighted by Gasteiger charge is 2.29. The summed E-state index contributed by atoms with van der Waals surface area (Å²) in [4.78, 5) is 0. The van der Waals surface area contributed by atoms with Gasteiger partial charge in [-0.15, -0.1) is 0 Å². The minimum absolute atomic E-state index is 0.439. The highest BCUT2D eigenvalue weighted by atomic mass is 32.2. The molecule has 13 heavy (non-hydrogen) atoms. The molecule has 4 nitrogen and oxygen atoms in total. The molecular formula is C5H11F3N2O2S. The van der Waals surface area contributed by atoms with Crippen molar-refractivity contribution >= 4 is 10.2 Å². The fraction of sp³-hybridized carbons (Fsp3) is 1.00. The van der Waals surface area contributed by atoms with Gasteiger partial charge in [-0.3, -0.25) is 0 Å². The first-order valence-electron chi connectivity index (χ1n) is 3.46. The Balaban J connectivity index is 4.06. The molecule has 0 aliphatic carbocycles. The first-order chi connectivity index (χ1) is 5.62. The molecule has 0 bridgehead atoms. The van der Waals surface area contributed by atoms with Gasteiger partial charge in [-0.2, -0.15) is 31.0 Å². The molecule has 0 saturated carbocycles. The maximum absolute atomic E-state index is 11.6. The second kappa shape index (κ2) is 4.25. The zero-order valence-electron chi connectivity index (χ0n) is 7.14. The smallest absolute Gasteiger partial charge is 0.200 e. The SMILES string of the molecule is CC(C)NS(=O)(=O)NCC(F)(F)F. The molecule has 8 heteroatoms. The maximum Gasteiger partial charge on any atom is 0.402 e. The van der Waals surface area contributed by atoms with Crippen LogP contribution in [0.15, 0.2) is 0 Å². The lowest BCUT2D eigenvalue weighted by atomic mass is 10.4. The topological polar surface area (TPSA) is 58.2 Å². The molecule has 0 spiro atoms. The number of halogens is 3. The lowest BCUT2D eigenvalue weighted by Gasteiger charge is -2.11. The van der Waals surface area contributed by atoms with Gasteiger partial charge in [0.15, 0.2) is 0 Å². The summed E-state index contributed by atoms with van der Waals surface area (Å²) < 4.78 is 59.6. The van der Waals surface area contributed by atoms with Crippen LogP contribution in [-0.2, 0) is 10.2 Å². The molecule has 0 atom stereocenters. The van der Waals surface area contributed by atoms with E-state index in [1.54, 1.807) is 0 Å². The van der Waals surface area contributed by atoms with Gasteiger partial charge >= 0.3 is 6.18 Å². The van der Waals surface area contributed by atoms with Gasteiger partial charge in [0.2, 0.25) is 0 Å². The standard InChI is InChI=1S/C5H11F3N2O2S/c1-4(2)10-13(11,12)9-3-5(6,7)8/h4,9-10H,3H2,1-2H3. The van der Waals surface area contributed by atoms with Crippen molar-refractivity contribution < 1.29 is 21.6 Å². The largest absolute Gasteiger partial charge is 0.402 e. The molecule has 0 aromatic heterocycles. The van der Waals surface area contributed by atoms with Crippen LogP contribution in [-0.4, -0.2) is 27.2 Å². The molecule has 0 aliphatic rings. The average molecular weight is 220 g/mol. The Morgan fingerprint density at radius 2 is 1.77 bits per heavy atom. The van der Waals surface area contributed by atoms with Crippen molar-refractivity contribution in [3.8, 4) is 0 Å². The Hall–Kier alpha value is -0.340. The van der Waals surface area contributed by atoms with Crippen LogP contribution >= 0.6 is 0 Å². The van der Waals surface area contributed by atoms with Gasteiger partial charge in [0.25, 0.3) is 10.2 Å². The Morgan fingerprint density at radius 1 is 1.31 bits per heavy atom. The lowest BCUT2D eigenvalue weighted by Crippen LogP contribution is -2.43. The molecule has 0 fully saturated rings. The number of nitrogens with one attached hydrogen (secondary N) is 2. The summed E-state index contributed by atoms with van der Waals surface area (Å²) in [5, 5.41) is 0. The normalized spacial score (nSPS) is 13.7. The Morgan fingerprint density at radius 3 is 2.08 bits per heavy atom. The van der Waals surface area contributed by atoms with E-state index < -0.39 is 29.0 Å². The first kappa shape index (κ1) is 12.7. The third-order valence-corrected chi connectivity index (χ3v) is 2.16. The van der Waals surface area contributed by atoms with E-state index in [0.717, 1.165) is 0 Å². The molecule has 0 aromatic carbocycles. The molecule has 0 rings (SSSR count). The molecule has 2 N–H and O–H groups in total. The van der Waals surface area contributed by atoms with E-state index in [1.807, 2.05) is 4.72 Å². The monoisotopic (exact) mass is 220 g/mol. The van der Waals surface area contributed by atoms with Crippen molar-refractivity contribution in [3.05, 3.63) is 0 Å². The number of hydrogen-bond donors (Lipinski definition) is 2. The Kier molecular flexibility index (Phi) is 4.14. The van der Waals surface area contributed by atoms with E-state index in [-0.39, 0.29) is 0 Å². The predicted octanol–water partition coefficient (Wildman–Crippen LogP) is 0.381. The Labute approximate surface area is 74.7 Å². The van der Waals surface area contributed by atoms with Crippen LogP contribution in [0.5, 0.6) is 0 Å². The molecule has 80 valence electrons. The van der Waals surface area contributed by atoms with E-state index in [9.17, 15) is 21.6 Å². The van der Waals surface area contributed by atoms with Crippen LogP contribution in [0.3, 0.4) is 0 Å². The van der Waals surface area contributed by atoms with Crippen molar-refractivity contribution in [2.24, 2.45) is 0 Å². The van der Waals surface area contributed by atoms with Gasteiger partial charge in [0, 0.05) is 6.04 Å². The molecule has 0 aromatic rings. The average Bonchev–Trinajstić information content (AvgIpc) is 1.79. The van der Waals surface area contributed by atoms with E-state index in [1.165, 1.54) is 18.6 Å². The summed E-state index contributed by atoms with van der Waals surface area (Å²) >= 11 is 0. The molecule has 0 amide bonds. The zero-order valence-corrected chi connectivity index (χ0v) is 7.96. The predicted molar refractivity (Wildman–Crippen MR) is 41.2 cm³/mol. The highest BCUT2D eigenvalue weighted by Crippen LogP contribution is 2.12. The van der Waals surface area contributed by atoms with Gasteiger partial charge in [0.05, 0.1) is 0 Å². The van der Waals surface area contributed by atoms with Gasteiger partial charge < -0.3 is 0 Å². The second-order valence-electron chi connectivity index (χ2n) is 2.71.